The molecule has 0 aliphatic carbocycles. The van der Waals surface area contributed by atoms with Gasteiger partial charge in [-0.3, -0.25) is 0 Å². The van der Waals surface area contributed by atoms with Crippen molar-refractivity contribution in [2.24, 2.45) is 0 Å². The molecule has 0 bridgehead atoms. The maximum absolute atomic E-state index is 3.17. The Morgan fingerprint density at radius 2 is 1.56 bits per heavy atom. The Labute approximate surface area is 78.6 Å². The fraction of sp³-hybridized carbons (Fsp3) is 0.250. The third kappa shape index (κ3) is 3.04. The molecule has 1 rings (SSSR count). The largest absolute Gasteiger partial charge is 1.00 e. The number of benzene rings is 1. The van der Waals surface area contributed by atoms with Gasteiger partial charge in [-0.25, -0.2) is 0 Å². The summed E-state index contributed by atoms with van der Waals surface area (Å²) in [5.74, 6) is 0. The van der Waals surface area contributed by atoms with Crippen molar-refractivity contribution in [2.45, 2.75) is 13.8 Å². The van der Waals surface area contributed by atoms with Gasteiger partial charge in [0, 0.05) is 0 Å². The van der Waals surface area contributed by atoms with Crippen molar-refractivity contribution in [1.29, 1.82) is 0 Å². The van der Waals surface area contributed by atoms with Crippen LogP contribution in [0.1, 0.15) is 11.1 Å². The third-order valence-electron chi connectivity index (χ3n) is 1.09. The predicted octanol–water partition coefficient (Wildman–Crippen LogP) is -0.892. The minimum absolute atomic E-state index is 0. The van der Waals surface area contributed by atoms with Crippen molar-refractivity contribution in [1.82, 2.24) is 0 Å². The minimum atomic E-state index is 0. The molecule has 0 amide bonds. The molecule has 0 atom stereocenters. The summed E-state index contributed by atoms with van der Waals surface area (Å²) in [6.45, 7) is 4.10. The summed E-state index contributed by atoms with van der Waals surface area (Å²) in [5, 5.41) is 0. The molecular weight excluding hydrogens is 119 g/mol. The van der Waals surface area contributed by atoms with E-state index in [1.54, 1.807) is 0 Å². The summed E-state index contributed by atoms with van der Waals surface area (Å²) in [6.07, 6.45) is 0. The van der Waals surface area contributed by atoms with Gasteiger partial charge in [0.25, 0.3) is 0 Å². The number of hydrogen-bond acceptors (Lipinski definition) is 0. The van der Waals surface area contributed by atoms with Crippen LogP contribution in [-0.4, -0.2) is 0 Å². The smallest absolute Gasteiger partial charge is 0.177 e. The SMILES string of the molecule is Cc1[c-]c(C)ccc1.[Na+]. The van der Waals surface area contributed by atoms with Crippen LogP contribution in [0.4, 0.5) is 0 Å². The Balaban J connectivity index is 0.000000640. The first-order valence-corrected chi connectivity index (χ1v) is 2.74. The van der Waals surface area contributed by atoms with Gasteiger partial charge in [0.15, 0.2) is 0 Å². The Morgan fingerprint density at radius 1 is 1.11 bits per heavy atom. The van der Waals surface area contributed by atoms with Gasteiger partial charge in [-0.15, -0.1) is 0 Å². The summed E-state index contributed by atoms with van der Waals surface area (Å²) >= 11 is 0. The summed E-state index contributed by atoms with van der Waals surface area (Å²) in [4.78, 5) is 0. The van der Waals surface area contributed by atoms with Crippen molar-refractivity contribution < 1.29 is 29.6 Å². The van der Waals surface area contributed by atoms with Crippen LogP contribution in [0.3, 0.4) is 0 Å². The first-order valence-electron chi connectivity index (χ1n) is 2.74. The molecule has 1 aromatic rings. The summed E-state index contributed by atoms with van der Waals surface area (Å²) < 4.78 is 0. The average molecular weight is 128 g/mol. The fourth-order valence-corrected chi connectivity index (χ4v) is 0.731. The topological polar surface area (TPSA) is 0 Å². The standard InChI is InChI=1S/C8H9.Na/c1-7-4-3-5-8(2)6-7;/h3-5H,1-2H3;/q-1;+1. The molecule has 0 unspecified atom stereocenters. The van der Waals surface area contributed by atoms with Gasteiger partial charge in [0.1, 0.15) is 0 Å². The third-order valence-corrected chi connectivity index (χ3v) is 1.09. The second-order valence-corrected chi connectivity index (χ2v) is 2.02. The van der Waals surface area contributed by atoms with Crippen LogP contribution in [0.2, 0.25) is 0 Å². The van der Waals surface area contributed by atoms with Crippen LogP contribution in [0, 0.1) is 19.9 Å². The molecule has 0 aliphatic heterocycles. The van der Waals surface area contributed by atoms with Crippen LogP contribution < -0.4 is 29.6 Å². The molecule has 0 saturated heterocycles. The zero-order valence-corrected chi connectivity index (χ0v) is 8.23. The molecule has 42 valence electrons. The Hall–Kier alpha value is 0.220. The van der Waals surface area contributed by atoms with E-state index in [-0.39, 0.29) is 29.6 Å². The normalized spacial score (nSPS) is 8.22. The van der Waals surface area contributed by atoms with Gasteiger partial charge in [-0.2, -0.15) is 35.4 Å². The van der Waals surface area contributed by atoms with Crippen LogP contribution >= 0.6 is 0 Å². The molecule has 0 saturated carbocycles. The Kier molecular flexibility index (Phi) is 4.20. The molecule has 0 radical (unpaired) electrons. The zero-order chi connectivity index (χ0) is 5.98. The number of hydrogen-bond donors (Lipinski definition) is 0. The summed E-state index contributed by atoms with van der Waals surface area (Å²) in [5.41, 5.74) is 2.43. The number of aryl methyl sites for hydroxylation is 2. The summed E-state index contributed by atoms with van der Waals surface area (Å²) in [6, 6.07) is 9.31. The van der Waals surface area contributed by atoms with E-state index in [0.29, 0.717) is 0 Å². The number of rotatable bonds is 0. The molecule has 0 aromatic heterocycles. The van der Waals surface area contributed by atoms with Crippen LogP contribution in [-0.2, 0) is 0 Å². The van der Waals surface area contributed by atoms with Gasteiger partial charge < -0.3 is 0 Å². The van der Waals surface area contributed by atoms with E-state index in [4.69, 9.17) is 0 Å². The fourth-order valence-electron chi connectivity index (χ4n) is 0.731. The molecule has 9 heavy (non-hydrogen) atoms. The van der Waals surface area contributed by atoms with Crippen LogP contribution in [0.25, 0.3) is 0 Å². The maximum Gasteiger partial charge on any atom is 1.00 e. The van der Waals surface area contributed by atoms with E-state index in [0.717, 1.165) is 0 Å². The van der Waals surface area contributed by atoms with Crippen molar-refractivity contribution in [2.75, 3.05) is 0 Å². The van der Waals surface area contributed by atoms with Crippen molar-refractivity contribution in [3.05, 3.63) is 35.4 Å². The van der Waals surface area contributed by atoms with Gasteiger partial charge >= 0.3 is 29.6 Å². The predicted molar refractivity (Wildman–Crippen MR) is 34.8 cm³/mol. The van der Waals surface area contributed by atoms with Crippen LogP contribution in [0.15, 0.2) is 18.2 Å². The zero-order valence-electron chi connectivity index (χ0n) is 6.23. The quantitative estimate of drug-likeness (QED) is 0.314. The Bertz CT molecular complexity index is 164. The van der Waals surface area contributed by atoms with Gasteiger partial charge in [-0.05, 0) is 0 Å². The molecule has 0 aliphatic rings. The van der Waals surface area contributed by atoms with Crippen LogP contribution in [0.5, 0.6) is 0 Å². The second kappa shape index (κ2) is 4.10. The molecule has 0 spiro atoms. The second-order valence-electron chi connectivity index (χ2n) is 2.02. The van der Waals surface area contributed by atoms with E-state index < -0.39 is 0 Å². The van der Waals surface area contributed by atoms with Crippen molar-refractivity contribution in [3.8, 4) is 0 Å². The molecule has 0 heterocycles. The molecule has 0 nitrogen and oxygen atoms in total. The van der Waals surface area contributed by atoms with E-state index >= 15 is 0 Å². The van der Waals surface area contributed by atoms with E-state index in [9.17, 15) is 0 Å². The Morgan fingerprint density at radius 3 is 1.78 bits per heavy atom. The summed E-state index contributed by atoms with van der Waals surface area (Å²) in [7, 11) is 0. The average Bonchev–Trinajstić information content (AvgIpc) is 1.64. The molecule has 1 aromatic carbocycles. The van der Waals surface area contributed by atoms with Gasteiger partial charge in [-0.1, -0.05) is 13.8 Å². The van der Waals surface area contributed by atoms with Gasteiger partial charge in [0.05, 0.1) is 0 Å². The molecule has 0 fully saturated rings. The molecular formula is C8H9Na. The van der Waals surface area contributed by atoms with E-state index in [1.807, 2.05) is 32.0 Å². The molecule has 1 heteroatoms. The first kappa shape index (κ1) is 9.22. The molecule has 0 N–H and O–H groups in total. The monoisotopic (exact) mass is 128 g/mol. The maximum atomic E-state index is 3.17. The van der Waals surface area contributed by atoms with E-state index in [1.165, 1.54) is 11.1 Å². The van der Waals surface area contributed by atoms with Crippen molar-refractivity contribution in [3.63, 3.8) is 0 Å². The first-order chi connectivity index (χ1) is 3.79. The van der Waals surface area contributed by atoms with Gasteiger partial charge in [0.2, 0.25) is 0 Å². The van der Waals surface area contributed by atoms with Crippen molar-refractivity contribution >= 4 is 0 Å². The minimum Gasteiger partial charge on any atom is -0.177 e. The van der Waals surface area contributed by atoms with E-state index in [2.05, 4.69) is 6.07 Å².